The highest BCUT2D eigenvalue weighted by molar-refractivity contribution is 6.30. The molecule has 0 saturated carbocycles. The van der Waals surface area contributed by atoms with Crippen molar-refractivity contribution in [2.75, 3.05) is 7.11 Å². The molecule has 7 rings (SSSR count). The average Bonchev–Trinajstić information content (AvgIpc) is 3.60. The van der Waals surface area contributed by atoms with Gasteiger partial charge in [0.2, 0.25) is 11.8 Å². The van der Waals surface area contributed by atoms with Crippen molar-refractivity contribution >= 4 is 23.5 Å². The number of halogens is 1. The molecule has 0 amide bonds. The zero-order chi connectivity index (χ0) is 28.6. The number of rotatable bonds is 7. The Morgan fingerprint density at radius 2 is 1.76 bits per heavy atom. The Hall–Kier alpha value is -5.22. The predicted octanol–water partition coefficient (Wildman–Crippen LogP) is 6.12. The number of aryl methyl sites for hydroxylation is 1. The van der Waals surface area contributed by atoms with Crippen molar-refractivity contribution in [1.82, 2.24) is 29.4 Å². The number of benzene rings is 3. The fourth-order valence-electron chi connectivity index (χ4n) is 5.10. The number of hydrogen-bond donors (Lipinski definition) is 0. The zero-order valence-electron chi connectivity index (χ0n) is 22.7. The molecule has 1 aliphatic rings. The number of methoxy groups -OCH3 is 1. The van der Waals surface area contributed by atoms with Crippen LogP contribution in [0.15, 0.2) is 90.3 Å². The molecule has 6 aromatic rings. The Morgan fingerprint density at radius 1 is 0.976 bits per heavy atom. The first kappa shape index (κ1) is 25.7. The Balaban J connectivity index is 1.27. The third kappa shape index (κ3) is 4.61. The van der Waals surface area contributed by atoms with Gasteiger partial charge in [0.05, 0.1) is 41.8 Å². The summed E-state index contributed by atoms with van der Waals surface area (Å²) in [5, 5.41) is 14.2. The summed E-state index contributed by atoms with van der Waals surface area (Å²) < 4.78 is 15.1. The molecule has 0 bridgehead atoms. The normalized spacial score (nSPS) is 14.0. The molecular weight excluding hydrogens is 554 g/mol. The average molecular weight is 578 g/mol. The Labute approximate surface area is 245 Å². The molecule has 10 nitrogen and oxygen atoms in total. The van der Waals surface area contributed by atoms with Crippen LogP contribution in [0.1, 0.15) is 39.7 Å². The minimum absolute atomic E-state index is 0.0752. The minimum atomic E-state index is -0.277. The molecule has 1 unspecified atom stereocenters. The van der Waals surface area contributed by atoms with Crippen LogP contribution < -0.4 is 9.47 Å². The molecule has 0 N–H and O–H groups in total. The monoisotopic (exact) mass is 577 g/mol. The van der Waals surface area contributed by atoms with Crippen molar-refractivity contribution in [1.29, 1.82) is 0 Å². The highest BCUT2D eigenvalue weighted by atomic mass is 35.5. The van der Waals surface area contributed by atoms with Gasteiger partial charge in [0.1, 0.15) is 12.1 Å². The van der Waals surface area contributed by atoms with Gasteiger partial charge in [-0.15, -0.1) is 5.10 Å². The highest BCUT2D eigenvalue weighted by Gasteiger charge is 2.38. The van der Waals surface area contributed by atoms with Crippen molar-refractivity contribution in [3.63, 3.8) is 0 Å². The summed E-state index contributed by atoms with van der Waals surface area (Å²) in [5.41, 5.74) is 5.91. The fourth-order valence-corrected chi connectivity index (χ4v) is 5.23. The lowest BCUT2D eigenvalue weighted by Crippen LogP contribution is -2.16. The standard InChI is InChI=1S/C31H24ClN7O3/c1-19-26-27(21-10-12-22(32)13-11-21)28-29-35-25(17-41-34-16-20-8-14-24(40-2)15-9-20)37-38(29)18-33-30(28)42-31(26)39(36-19)23-6-4-3-5-7-23/h3-16,18,27H,17H2,1-2H3. The molecule has 1 aliphatic heterocycles. The van der Waals surface area contributed by atoms with E-state index in [2.05, 4.69) is 15.2 Å². The topological polar surface area (TPSA) is 101 Å². The number of hydrogen-bond acceptors (Lipinski definition) is 8. The summed E-state index contributed by atoms with van der Waals surface area (Å²) in [5.74, 6) is 1.99. The number of nitrogens with zero attached hydrogens (tertiary/aromatic N) is 7. The summed E-state index contributed by atoms with van der Waals surface area (Å²) in [6.07, 6.45) is 3.21. The third-order valence-corrected chi connectivity index (χ3v) is 7.31. The van der Waals surface area contributed by atoms with Crippen molar-refractivity contribution in [2.45, 2.75) is 19.4 Å². The van der Waals surface area contributed by atoms with Gasteiger partial charge in [-0.25, -0.2) is 19.2 Å². The summed E-state index contributed by atoms with van der Waals surface area (Å²) in [4.78, 5) is 15.0. The molecule has 11 heteroatoms. The SMILES string of the molecule is COc1ccc(C=NOCc2nc3c4c(ncn3n2)Oc2c(c(C)nn2-c2ccccc2)C4c2ccc(Cl)cc2)cc1. The summed E-state index contributed by atoms with van der Waals surface area (Å²) >= 11 is 6.27. The molecule has 0 radical (unpaired) electrons. The van der Waals surface area contributed by atoms with Crippen molar-refractivity contribution < 1.29 is 14.3 Å². The van der Waals surface area contributed by atoms with E-state index in [0.717, 1.165) is 39.4 Å². The zero-order valence-corrected chi connectivity index (χ0v) is 23.4. The minimum Gasteiger partial charge on any atom is -0.497 e. The molecule has 42 heavy (non-hydrogen) atoms. The van der Waals surface area contributed by atoms with E-state index in [0.29, 0.717) is 28.3 Å². The van der Waals surface area contributed by atoms with Gasteiger partial charge < -0.3 is 14.3 Å². The van der Waals surface area contributed by atoms with Crippen LogP contribution >= 0.6 is 11.6 Å². The van der Waals surface area contributed by atoms with Gasteiger partial charge in [-0.1, -0.05) is 47.1 Å². The van der Waals surface area contributed by atoms with Crippen molar-refractivity contribution in [3.8, 4) is 23.2 Å². The van der Waals surface area contributed by atoms with Crippen LogP contribution in [0.25, 0.3) is 11.3 Å². The molecule has 0 aliphatic carbocycles. The summed E-state index contributed by atoms with van der Waals surface area (Å²) in [7, 11) is 1.63. The number of ether oxygens (including phenoxy) is 2. The van der Waals surface area contributed by atoms with E-state index in [-0.39, 0.29) is 12.5 Å². The van der Waals surface area contributed by atoms with Crippen LogP contribution in [0.4, 0.5) is 0 Å². The van der Waals surface area contributed by atoms with E-state index in [4.69, 9.17) is 36.0 Å². The first-order chi connectivity index (χ1) is 20.6. The van der Waals surface area contributed by atoms with Crippen molar-refractivity contribution in [2.24, 2.45) is 5.16 Å². The van der Waals surface area contributed by atoms with Gasteiger partial charge in [-0.2, -0.15) is 5.10 Å². The molecule has 208 valence electrons. The predicted molar refractivity (Wildman–Crippen MR) is 157 cm³/mol. The lowest BCUT2D eigenvalue weighted by molar-refractivity contribution is 0.126. The molecule has 4 heterocycles. The van der Waals surface area contributed by atoms with E-state index < -0.39 is 0 Å². The maximum absolute atomic E-state index is 6.46. The van der Waals surface area contributed by atoms with E-state index in [9.17, 15) is 0 Å². The summed E-state index contributed by atoms with van der Waals surface area (Å²) in [6, 6.07) is 25.1. The van der Waals surface area contributed by atoms with Gasteiger partial charge in [0.25, 0.3) is 0 Å². The molecule has 3 aromatic carbocycles. The van der Waals surface area contributed by atoms with Gasteiger partial charge in [-0.3, -0.25) is 0 Å². The molecule has 0 spiro atoms. The number of para-hydroxylation sites is 1. The number of aromatic nitrogens is 6. The first-order valence-electron chi connectivity index (χ1n) is 13.2. The maximum atomic E-state index is 6.46. The first-order valence-corrected chi connectivity index (χ1v) is 13.6. The molecule has 3 aromatic heterocycles. The second-order valence-electron chi connectivity index (χ2n) is 9.68. The van der Waals surface area contributed by atoms with Gasteiger partial charge in [-0.05, 0) is 66.6 Å². The quantitative estimate of drug-likeness (QED) is 0.166. The van der Waals surface area contributed by atoms with Crippen molar-refractivity contribution in [3.05, 3.63) is 124 Å². The summed E-state index contributed by atoms with van der Waals surface area (Å²) in [6.45, 7) is 2.05. The fraction of sp³-hybridized carbons (Fsp3) is 0.129. The van der Waals surface area contributed by atoms with Gasteiger partial charge in [0.15, 0.2) is 18.1 Å². The largest absolute Gasteiger partial charge is 0.497 e. The Morgan fingerprint density at radius 3 is 2.52 bits per heavy atom. The van der Waals surface area contributed by atoms with Crippen LogP contribution in [-0.4, -0.2) is 42.7 Å². The lowest BCUT2D eigenvalue weighted by Gasteiger charge is -2.26. The lowest BCUT2D eigenvalue weighted by atomic mass is 9.84. The van der Waals surface area contributed by atoms with E-state index >= 15 is 0 Å². The Bertz CT molecular complexity index is 1920. The number of fused-ring (bicyclic) bond motifs is 4. The number of oxime groups is 1. The maximum Gasteiger partial charge on any atom is 0.230 e. The van der Waals surface area contributed by atoms with Crippen LogP contribution in [0, 0.1) is 6.92 Å². The van der Waals surface area contributed by atoms with Gasteiger partial charge in [0, 0.05) is 5.02 Å². The van der Waals surface area contributed by atoms with Crippen LogP contribution in [-0.2, 0) is 11.4 Å². The second kappa shape index (κ2) is 10.6. The smallest absolute Gasteiger partial charge is 0.230 e. The van der Waals surface area contributed by atoms with E-state index in [1.54, 1.807) is 24.2 Å². The van der Waals surface area contributed by atoms with Gasteiger partial charge >= 0.3 is 0 Å². The van der Waals surface area contributed by atoms with E-state index in [1.165, 1.54) is 0 Å². The highest BCUT2D eigenvalue weighted by Crippen LogP contribution is 2.49. The third-order valence-electron chi connectivity index (χ3n) is 7.05. The van der Waals surface area contributed by atoms with E-state index in [1.807, 2.05) is 90.5 Å². The van der Waals surface area contributed by atoms with Crippen LogP contribution in [0.3, 0.4) is 0 Å². The molecular formula is C31H24ClN7O3. The molecule has 0 fully saturated rings. The van der Waals surface area contributed by atoms with Crippen LogP contribution in [0.2, 0.25) is 5.02 Å². The van der Waals surface area contributed by atoms with Crippen LogP contribution in [0.5, 0.6) is 17.5 Å². The molecule has 1 atom stereocenters. The Kier molecular flexibility index (Phi) is 6.52. The second-order valence-corrected chi connectivity index (χ2v) is 10.1. The molecule has 0 saturated heterocycles.